The van der Waals surface area contributed by atoms with Gasteiger partial charge in [0, 0.05) is 19.2 Å². The van der Waals surface area contributed by atoms with Crippen LogP contribution in [0.1, 0.15) is 37.7 Å². The number of likely N-dealkylation sites (N-methyl/N-ethyl adjacent to an activating group) is 1. The minimum absolute atomic E-state index is 0.0802. The van der Waals surface area contributed by atoms with E-state index in [9.17, 15) is 9.18 Å². The molecule has 0 radical (unpaired) electrons. The normalized spacial score (nSPS) is 17.6. The highest BCUT2D eigenvalue weighted by atomic mass is 19.1. The van der Waals surface area contributed by atoms with Crippen LogP contribution in [-0.2, 0) is 10.2 Å². The lowest BCUT2D eigenvalue weighted by Gasteiger charge is -2.36. The molecule has 2 rings (SSSR count). The average molecular weight is 320 g/mol. The van der Waals surface area contributed by atoms with E-state index in [1.54, 1.807) is 7.05 Å². The van der Waals surface area contributed by atoms with Crippen molar-refractivity contribution in [1.82, 2.24) is 5.32 Å². The van der Waals surface area contributed by atoms with Crippen molar-refractivity contribution in [2.75, 3.05) is 20.2 Å². The van der Waals surface area contributed by atoms with Crippen molar-refractivity contribution >= 4 is 5.91 Å². The number of amides is 1. The zero-order valence-corrected chi connectivity index (χ0v) is 13.6. The Bertz CT molecular complexity index is 549. The van der Waals surface area contributed by atoms with Gasteiger partial charge in [-0.15, -0.1) is 0 Å². The summed E-state index contributed by atoms with van der Waals surface area (Å²) in [4.78, 5) is 12.5. The van der Waals surface area contributed by atoms with Crippen LogP contribution in [-0.4, -0.2) is 26.1 Å². The SMILES string of the molecule is CNC(=O)C1(c2ccc(OC/C(=C/F)CN)cc2)CCCCC1. The third kappa shape index (κ3) is 3.91. The van der Waals surface area contributed by atoms with Gasteiger partial charge in [0.15, 0.2) is 0 Å². The Morgan fingerprint density at radius 3 is 2.48 bits per heavy atom. The van der Waals surface area contributed by atoms with Gasteiger partial charge in [-0.25, -0.2) is 4.39 Å². The molecule has 0 atom stereocenters. The van der Waals surface area contributed by atoms with E-state index < -0.39 is 5.41 Å². The van der Waals surface area contributed by atoms with Gasteiger partial charge < -0.3 is 15.8 Å². The number of carbonyl (C=O) groups is 1. The molecule has 1 aliphatic rings. The molecule has 0 aromatic heterocycles. The lowest BCUT2D eigenvalue weighted by molar-refractivity contribution is -0.127. The van der Waals surface area contributed by atoms with Crippen LogP contribution in [0.25, 0.3) is 0 Å². The molecule has 0 spiro atoms. The second kappa shape index (κ2) is 8.11. The van der Waals surface area contributed by atoms with E-state index in [2.05, 4.69) is 5.32 Å². The molecule has 0 unspecified atom stereocenters. The summed E-state index contributed by atoms with van der Waals surface area (Å²) in [6.45, 7) is 0.265. The molecule has 1 aromatic rings. The van der Waals surface area contributed by atoms with Gasteiger partial charge >= 0.3 is 0 Å². The Hall–Kier alpha value is -1.88. The third-order valence-electron chi connectivity index (χ3n) is 4.62. The van der Waals surface area contributed by atoms with Crippen LogP contribution < -0.4 is 15.8 Å². The monoisotopic (exact) mass is 320 g/mol. The Balaban J connectivity index is 2.14. The number of nitrogens with one attached hydrogen (secondary N) is 1. The summed E-state index contributed by atoms with van der Waals surface area (Å²) in [7, 11) is 1.69. The number of hydrogen-bond acceptors (Lipinski definition) is 3. The maximum Gasteiger partial charge on any atom is 0.230 e. The molecule has 3 N–H and O–H groups in total. The van der Waals surface area contributed by atoms with Gasteiger partial charge in [-0.1, -0.05) is 31.4 Å². The standard InChI is InChI=1S/C18H25FN2O2/c1-21-17(22)18(9-3-2-4-10-18)15-5-7-16(8-6-15)23-13-14(11-19)12-20/h5-8,11H,2-4,9-10,12-13,20H2,1H3,(H,21,22)/b14-11+. The van der Waals surface area contributed by atoms with E-state index in [1.807, 2.05) is 24.3 Å². The Morgan fingerprint density at radius 2 is 1.96 bits per heavy atom. The van der Waals surface area contributed by atoms with Crippen LogP contribution in [0.15, 0.2) is 36.2 Å². The van der Waals surface area contributed by atoms with Crippen molar-refractivity contribution in [3.05, 3.63) is 41.7 Å². The molecule has 4 nitrogen and oxygen atoms in total. The highest BCUT2D eigenvalue weighted by Crippen LogP contribution is 2.40. The largest absolute Gasteiger partial charge is 0.489 e. The van der Waals surface area contributed by atoms with Gasteiger partial charge in [-0.3, -0.25) is 4.79 Å². The second-order valence-corrected chi connectivity index (χ2v) is 6.01. The zero-order valence-electron chi connectivity index (χ0n) is 13.6. The first-order valence-electron chi connectivity index (χ1n) is 8.10. The number of rotatable bonds is 6. The maximum atomic E-state index is 12.5. The van der Waals surface area contributed by atoms with E-state index in [1.165, 1.54) is 6.42 Å². The van der Waals surface area contributed by atoms with E-state index in [4.69, 9.17) is 10.5 Å². The minimum atomic E-state index is -0.438. The molecular formula is C18H25FN2O2. The smallest absolute Gasteiger partial charge is 0.230 e. The summed E-state index contributed by atoms with van der Waals surface area (Å²) in [6, 6.07) is 7.55. The van der Waals surface area contributed by atoms with E-state index in [-0.39, 0.29) is 19.1 Å². The fourth-order valence-corrected chi connectivity index (χ4v) is 3.22. The first kappa shape index (κ1) is 17.5. The molecule has 0 saturated heterocycles. The van der Waals surface area contributed by atoms with Gasteiger partial charge in [-0.05, 0) is 30.5 Å². The predicted molar refractivity (Wildman–Crippen MR) is 89.0 cm³/mol. The zero-order chi connectivity index (χ0) is 16.7. The van der Waals surface area contributed by atoms with Crippen LogP contribution >= 0.6 is 0 Å². The molecule has 0 heterocycles. The van der Waals surface area contributed by atoms with E-state index >= 15 is 0 Å². The molecule has 1 aromatic carbocycles. The molecule has 1 fully saturated rings. The highest BCUT2D eigenvalue weighted by Gasteiger charge is 2.40. The maximum absolute atomic E-state index is 12.5. The molecule has 0 bridgehead atoms. The summed E-state index contributed by atoms with van der Waals surface area (Å²) in [5.41, 5.74) is 6.39. The van der Waals surface area contributed by atoms with Gasteiger partial charge in [-0.2, -0.15) is 0 Å². The summed E-state index contributed by atoms with van der Waals surface area (Å²) < 4.78 is 18.0. The summed E-state index contributed by atoms with van der Waals surface area (Å²) >= 11 is 0. The molecular weight excluding hydrogens is 295 g/mol. The Kier molecular flexibility index (Phi) is 6.16. The second-order valence-electron chi connectivity index (χ2n) is 6.01. The first-order chi connectivity index (χ1) is 11.2. The van der Waals surface area contributed by atoms with Crippen LogP contribution in [0.2, 0.25) is 0 Å². The number of carbonyl (C=O) groups excluding carboxylic acids is 1. The summed E-state index contributed by atoms with van der Waals surface area (Å²) in [5.74, 6) is 0.723. The van der Waals surface area contributed by atoms with Crippen molar-refractivity contribution < 1.29 is 13.9 Å². The number of ether oxygens (including phenoxy) is 1. The lowest BCUT2D eigenvalue weighted by Crippen LogP contribution is -2.44. The van der Waals surface area contributed by atoms with Crippen LogP contribution in [0.5, 0.6) is 5.75 Å². The molecule has 0 aliphatic heterocycles. The summed E-state index contributed by atoms with van der Waals surface area (Å²) in [5, 5.41) is 2.81. The third-order valence-corrected chi connectivity index (χ3v) is 4.62. The van der Waals surface area contributed by atoms with E-state index in [0.29, 0.717) is 17.7 Å². The van der Waals surface area contributed by atoms with Gasteiger partial charge in [0.25, 0.3) is 0 Å². The molecule has 23 heavy (non-hydrogen) atoms. The van der Waals surface area contributed by atoms with Crippen LogP contribution in [0, 0.1) is 0 Å². The molecule has 1 saturated carbocycles. The van der Waals surface area contributed by atoms with E-state index in [0.717, 1.165) is 31.2 Å². The topological polar surface area (TPSA) is 64.3 Å². The fourth-order valence-electron chi connectivity index (χ4n) is 3.22. The molecule has 1 amide bonds. The van der Waals surface area contributed by atoms with Crippen LogP contribution in [0.4, 0.5) is 4.39 Å². The Labute approximate surface area is 136 Å². The Morgan fingerprint density at radius 1 is 1.30 bits per heavy atom. The molecule has 126 valence electrons. The number of nitrogens with two attached hydrogens (primary N) is 1. The molecule has 1 aliphatic carbocycles. The quantitative estimate of drug-likeness (QED) is 0.847. The predicted octanol–water partition coefficient (Wildman–Crippen LogP) is 2.83. The summed E-state index contributed by atoms with van der Waals surface area (Å²) in [6.07, 6.45) is 5.53. The lowest BCUT2D eigenvalue weighted by atomic mass is 9.69. The van der Waals surface area contributed by atoms with Crippen molar-refractivity contribution in [1.29, 1.82) is 0 Å². The molecule has 5 heteroatoms. The average Bonchev–Trinajstić information content (AvgIpc) is 2.63. The van der Waals surface area contributed by atoms with Crippen molar-refractivity contribution in [3.63, 3.8) is 0 Å². The van der Waals surface area contributed by atoms with Crippen molar-refractivity contribution in [2.24, 2.45) is 5.73 Å². The van der Waals surface area contributed by atoms with Crippen LogP contribution in [0.3, 0.4) is 0 Å². The highest BCUT2D eigenvalue weighted by molar-refractivity contribution is 5.88. The number of halogens is 1. The van der Waals surface area contributed by atoms with Gasteiger partial charge in [0.2, 0.25) is 5.91 Å². The van der Waals surface area contributed by atoms with Gasteiger partial charge in [0.1, 0.15) is 12.4 Å². The van der Waals surface area contributed by atoms with Gasteiger partial charge in [0.05, 0.1) is 11.7 Å². The minimum Gasteiger partial charge on any atom is -0.489 e. The van der Waals surface area contributed by atoms with Crippen molar-refractivity contribution in [3.8, 4) is 5.75 Å². The number of hydrogen-bond donors (Lipinski definition) is 2. The van der Waals surface area contributed by atoms with Crippen molar-refractivity contribution in [2.45, 2.75) is 37.5 Å². The fraction of sp³-hybridized carbons (Fsp3) is 0.500. The first-order valence-corrected chi connectivity index (χ1v) is 8.10. The number of benzene rings is 1.